The first-order valence-electron chi connectivity index (χ1n) is 5.74. The summed E-state index contributed by atoms with van der Waals surface area (Å²) in [5, 5.41) is 0. The molecule has 102 valence electrons. The maximum absolute atomic E-state index is 12.9. The molecule has 18 heavy (non-hydrogen) atoms. The predicted octanol–water partition coefficient (Wildman–Crippen LogP) is 1.60. The summed E-state index contributed by atoms with van der Waals surface area (Å²) in [6.07, 6.45) is -0.474. The smallest absolute Gasteiger partial charge is 0.180 e. The molecule has 0 aromatic heterocycles. The Morgan fingerprint density at radius 2 is 1.78 bits per heavy atom. The second-order valence-corrected chi connectivity index (χ2v) is 4.40. The van der Waals surface area contributed by atoms with Crippen molar-refractivity contribution >= 4 is 5.69 Å². The van der Waals surface area contributed by atoms with Crippen molar-refractivity contribution in [2.75, 3.05) is 32.7 Å². The number of nitrogens with two attached hydrogens (primary N) is 1. The minimum Gasteiger partial charge on any atom is -0.363 e. The molecule has 1 atom stereocenters. The van der Waals surface area contributed by atoms with Crippen molar-refractivity contribution in [2.45, 2.75) is 18.8 Å². The van der Waals surface area contributed by atoms with Crippen molar-refractivity contribution in [3.8, 4) is 0 Å². The van der Waals surface area contributed by atoms with Gasteiger partial charge in [0.2, 0.25) is 0 Å². The maximum Gasteiger partial charge on any atom is 0.180 e. The lowest BCUT2D eigenvalue weighted by molar-refractivity contribution is -0.140. The first kappa shape index (κ1) is 14.9. The Labute approximate surface area is 107 Å². The van der Waals surface area contributed by atoms with Gasteiger partial charge in [-0.1, -0.05) is 0 Å². The Morgan fingerprint density at radius 1 is 1.28 bits per heavy atom. The molecule has 0 bridgehead atoms. The van der Waals surface area contributed by atoms with Crippen LogP contribution in [0.1, 0.15) is 6.92 Å². The summed E-state index contributed by atoms with van der Waals surface area (Å²) < 4.78 is 23.5. The molecule has 4 nitrogen and oxygen atoms in total. The summed E-state index contributed by atoms with van der Waals surface area (Å²) >= 11 is 0. The van der Waals surface area contributed by atoms with Gasteiger partial charge in [0, 0.05) is 33.5 Å². The Hall–Kier alpha value is -1.17. The molecule has 2 N–H and O–H groups in total. The summed E-state index contributed by atoms with van der Waals surface area (Å²) in [6.45, 7) is 2.28. The van der Waals surface area contributed by atoms with E-state index in [1.807, 2.05) is 18.9 Å². The highest BCUT2D eigenvalue weighted by Crippen LogP contribution is 2.26. The highest BCUT2D eigenvalue weighted by Gasteiger charge is 2.38. The zero-order valence-corrected chi connectivity index (χ0v) is 11.3. The minimum atomic E-state index is -0.540. The van der Waals surface area contributed by atoms with Gasteiger partial charge in [0.1, 0.15) is 5.82 Å². The highest BCUT2D eigenvalue weighted by molar-refractivity contribution is 5.48. The Morgan fingerprint density at radius 3 is 2.17 bits per heavy atom. The van der Waals surface area contributed by atoms with E-state index in [2.05, 4.69) is 0 Å². The molecule has 0 saturated carbocycles. The number of likely N-dealkylation sites (N-methyl/N-ethyl adjacent to an activating group) is 1. The number of benzene rings is 1. The zero-order chi connectivity index (χ0) is 13.8. The average molecular weight is 256 g/mol. The van der Waals surface area contributed by atoms with Crippen LogP contribution in [0.25, 0.3) is 0 Å². The Kier molecular flexibility index (Phi) is 5.07. The van der Waals surface area contributed by atoms with Crippen LogP contribution >= 0.6 is 0 Å². The second kappa shape index (κ2) is 6.13. The normalized spacial score (nSPS) is 14.6. The van der Waals surface area contributed by atoms with E-state index in [0.29, 0.717) is 6.54 Å². The number of hydrogen-bond donors (Lipinski definition) is 1. The van der Waals surface area contributed by atoms with E-state index in [-0.39, 0.29) is 5.82 Å². The second-order valence-electron chi connectivity index (χ2n) is 4.40. The summed E-state index contributed by atoms with van der Waals surface area (Å²) in [5.74, 6) is -0.267. The lowest BCUT2D eigenvalue weighted by atomic mass is 9.98. The fourth-order valence-corrected chi connectivity index (χ4v) is 1.95. The van der Waals surface area contributed by atoms with Crippen molar-refractivity contribution in [2.24, 2.45) is 5.73 Å². The van der Waals surface area contributed by atoms with Crippen molar-refractivity contribution < 1.29 is 13.9 Å². The zero-order valence-electron chi connectivity index (χ0n) is 11.3. The van der Waals surface area contributed by atoms with Gasteiger partial charge in [-0.05, 0) is 31.2 Å². The minimum absolute atomic E-state index is 0.267. The molecule has 0 spiro atoms. The third-order valence-electron chi connectivity index (χ3n) is 3.33. The van der Waals surface area contributed by atoms with Crippen molar-refractivity contribution in [1.29, 1.82) is 0 Å². The van der Waals surface area contributed by atoms with Gasteiger partial charge < -0.3 is 20.1 Å². The highest BCUT2D eigenvalue weighted by atomic mass is 19.1. The standard InChI is InChI=1S/C13H21FN2O2/c1-13(9-15,12(17-3)18-4)16(2)11-7-5-10(14)6-8-11/h5-8,12H,9,15H2,1-4H3. The molecule has 0 amide bonds. The summed E-state index contributed by atoms with van der Waals surface area (Å²) in [4.78, 5) is 1.93. The molecule has 1 aromatic rings. The van der Waals surface area contributed by atoms with Crippen molar-refractivity contribution in [3.05, 3.63) is 30.1 Å². The molecular weight excluding hydrogens is 235 g/mol. The van der Waals surface area contributed by atoms with Crippen molar-refractivity contribution in [3.63, 3.8) is 0 Å². The number of hydrogen-bond acceptors (Lipinski definition) is 4. The molecule has 0 saturated heterocycles. The molecule has 0 aliphatic heterocycles. The molecule has 1 unspecified atom stereocenters. The largest absolute Gasteiger partial charge is 0.363 e. The Balaban J connectivity index is 3.03. The molecule has 0 radical (unpaired) electrons. The fraction of sp³-hybridized carbons (Fsp3) is 0.538. The molecule has 1 aromatic carbocycles. The van der Waals surface area contributed by atoms with Crippen LogP contribution in [-0.4, -0.2) is 39.6 Å². The van der Waals surface area contributed by atoms with Crippen LogP contribution in [-0.2, 0) is 9.47 Å². The van der Waals surface area contributed by atoms with E-state index in [0.717, 1.165) is 5.69 Å². The van der Waals surface area contributed by atoms with Gasteiger partial charge in [-0.25, -0.2) is 4.39 Å². The predicted molar refractivity (Wildman–Crippen MR) is 70.1 cm³/mol. The van der Waals surface area contributed by atoms with Gasteiger partial charge in [-0.2, -0.15) is 0 Å². The van der Waals surface area contributed by atoms with Gasteiger partial charge in [0.05, 0.1) is 5.54 Å². The third-order valence-corrected chi connectivity index (χ3v) is 3.33. The van der Waals surface area contributed by atoms with E-state index in [9.17, 15) is 4.39 Å². The molecule has 0 fully saturated rings. The molecule has 0 heterocycles. The third kappa shape index (κ3) is 2.80. The van der Waals surface area contributed by atoms with Crippen LogP contribution < -0.4 is 10.6 Å². The SMILES string of the molecule is COC(OC)C(C)(CN)N(C)c1ccc(F)cc1. The van der Waals surface area contributed by atoms with Gasteiger partial charge in [-0.3, -0.25) is 0 Å². The van der Waals surface area contributed by atoms with Crippen LogP contribution in [0.4, 0.5) is 10.1 Å². The van der Waals surface area contributed by atoms with Gasteiger partial charge in [0.25, 0.3) is 0 Å². The van der Waals surface area contributed by atoms with E-state index < -0.39 is 11.8 Å². The number of halogens is 1. The lowest BCUT2D eigenvalue weighted by Crippen LogP contribution is -2.59. The molecule has 1 rings (SSSR count). The molecular formula is C13H21FN2O2. The molecule has 0 aliphatic carbocycles. The number of methoxy groups -OCH3 is 2. The van der Waals surface area contributed by atoms with E-state index in [4.69, 9.17) is 15.2 Å². The maximum atomic E-state index is 12.9. The van der Waals surface area contributed by atoms with Crippen molar-refractivity contribution in [1.82, 2.24) is 0 Å². The van der Waals surface area contributed by atoms with Gasteiger partial charge in [-0.15, -0.1) is 0 Å². The summed E-state index contributed by atoms with van der Waals surface area (Å²) in [7, 11) is 5.02. The molecule has 5 heteroatoms. The van der Waals surface area contributed by atoms with Gasteiger partial charge >= 0.3 is 0 Å². The lowest BCUT2D eigenvalue weighted by Gasteiger charge is -2.43. The van der Waals surface area contributed by atoms with E-state index in [1.165, 1.54) is 12.1 Å². The number of ether oxygens (including phenoxy) is 2. The van der Waals surface area contributed by atoms with Gasteiger partial charge in [0.15, 0.2) is 6.29 Å². The van der Waals surface area contributed by atoms with Crippen LogP contribution in [0.15, 0.2) is 24.3 Å². The summed E-state index contributed by atoms with van der Waals surface area (Å²) in [5.41, 5.74) is 6.16. The topological polar surface area (TPSA) is 47.7 Å². The fourth-order valence-electron chi connectivity index (χ4n) is 1.95. The Bertz CT molecular complexity index is 368. The van der Waals surface area contributed by atoms with E-state index >= 15 is 0 Å². The summed E-state index contributed by atoms with van der Waals surface area (Å²) in [6, 6.07) is 6.23. The molecule has 0 aliphatic rings. The number of anilines is 1. The van der Waals surface area contributed by atoms with Crippen LogP contribution in [0.3, 0.4) is 0 Å². The monoisotopic (exact) mass is 256 g/mol. The number of nitrogens with zero attached hydrogens (tertiary/aromatic N) is 1. The number of rotatable bonds is 6. The first-order valence-corrected chi connectivity index (χ1v) is 5.74. The quantitative estimate of drug-likeness (QED) is 0.785. The van der Waals surface area contributed by atoms with Crippen LogP contribution in [0.5, 0.6) is 0 Å². The average Bonchev–Trinajstić information content (AvgIpc) is 2.39. The van der Waals surface area contributed by atoms with Crippen LogP contribution in [0, 0.1) is 5.82 Å². The first-order chi connectivity index (χ1) is 8.49. The van der Waals surface area contributed by atoms with Crippen LogP contribution in [0.2, 0.25) is 0 Å². The van der Waals surface area contributed by atoms with E-state index in [1.54, 1.807) is 26.4 Å².